The highest BCUT2D eigenvalue weighted by molar-refractivity contribution is 5.32. The molecule has 1 aliphatic rings. The first-order valence-electron chi connectivity index (χ1n) is 8.06. The molecule has 0 bridgehead atoms. The molecule has 0 aromatic heterocycles. The summed E-state index contributed by atoms with van der Waals surface area (Å²) < 4.78 is 0. The zero-order valence-corrected chi connectivity index (χ0v) is 12.9. The molecule has 0 amide bonds. The fourth-order valence-corrected chi connectivity index (χ4v) is 3.32. The maximum atomic E-state index is 9.22. The Balaban J connectivity index is 1.89. The third-order valence-electron chi connectivity index (χ3n) is 4.36. The number of benzene rings is 2. The number of aliphatic hydroxyl groups excluding tert-OH is 1. The van der Waals surface area contributed by atoms with E-state index in [1.807, 2.05) is 0 Å². The largest absolute Gasteiger partial charge is 0.396 e. The highest BCUT2D eigenvalue weighted by atomic mass is 16.3. The van der Waals surface area contributed by atoms with Gasteiger partial charge in [-0.15, -0.1) is 0 Å². The monoisotopic (exact) mass is 296 g/mol. The third-order valence-corrected chi connectivity index (χ3v) is 4.36. The lowest BCUT2D eigenvalue weighted by molar-refractivity contribution is 0.146. The summed E-state index contributed by atoms with van der Waals surface area (Å²) in [5.41, 5.74) is 2.66. The number of hydrogen-bond donors (Lipinski definition) is 2. The minimum absolute atomic E-state index is 0.243. The maximum absolute atomic E-state index is 9.22. The Bertz CT molecular complexity index is 517. The van der Waals surface area contributed by atoms with Crippen molar-refractivity contribution in [1.29, 1.82) is 0 Å². The molecule has 1 unspecified atom stereocenters. The van der Waals surface area contributed by atoms with E-state index in [-0.39, 0.29) is 12.6 Å². The molecular weight excluding hydrogens is 272 g/mol. The molecule has 3 heteroatoms. The van der Waals surface area contributed by atoms with Gasteiger partial charge in [0.15, 0.2) is 0 Å². The van der Waals surface area contributed by atoms with Crippen LogP contribution >= 0.6 is 0 Å². The first kappa shape index (κ1) is 15.2. The molecule has 1 saturated heterocycles. The molecule has 3 nitrogen and oxygen atoms in total. The van der Waals surface area contributed by atoms with E-state index in [0.717, 1.165) is 26.1 Å². The Kier molecular flexibility index (Phi) is 5.22. The molecule has 2 aromatic rings. The summed E-state index contributed by atoms with van der Waals surface area (Å²) in [6.07, 6.45) is 0.812. The van der Waals surface area contributed by atoms with Crippen molar-refractivity contribution in [1.82, 2.24) is 10.2 Å². The highest BCUT2D eigenvalue weighted by Gasteiger charge is 2.27. The lowest BCUT2D eigenvalue weighted by Crippen LogP contribution is -2.52. The van der Waals surface area contributed by atoms with Crippen molar-refractivity contribution < 1.29 is 5.11 Å². The van der Waals surface area contributed by atoms with Crippen LogP contribution in [0.25, 0.3) is 0 Å². The number of rotatable bonds is 5. The standard InChI is InChI=1S/C19H24N2O/c22-14-11-18-15-21(13-12-20-18)19(16-7-3-1-4-8-16)17-9-5-2-6-10-17/h1-10,18-20,22H,11-15H2. The molecule has 1 aliphatic heterocycles. The van der Waals surface area contributed by atoms with E-state index in [2.05, 4.69) is 70.9 Å². The molecule has 3 rings (SSSR count). The predicted molar refractivity (Wildman–Crippen MR) is 89.8 cm³/mol. The average molecular weight is 296 g/mol. The molecule has 1 atom stereocenters. The van der Waals surface area contributed by atoms with Gasteiger partial charge in [-0.2, -0.15) is 0 Å². The molecule has 1 heterocycles. The second-order valence-electron chi connectivity index (χ2n) is 5.88. The lowest BCUT2D eigenvalue weighted by atomic mass is 9.95. The van der Waals surface area contributed by atoms with Gasteiger partial charge in [0.1, 0.15) is 0 Å². The van der Waals surface area contributed by atoms with Crippen molar-refractivity contribution >= 4 is 0 Å². The predicted octanol–water partition coefficient (Wildman–Crippen LogP) is 2.43. The SMILES string of the molecule is OCCC1CN(C(c2ccccc2)c2ccccc2)CCN1. The van der Waals surface area contributed by atoms with Crippen LogP contribution in [0.1, 0.15) is 23.6 Å². The van der Waals surface area contributed by atoms with Crippen molar-refractivity contribution in [2.24, 2.45) is 0 Å². The van der Waals surface area contributed by atoms with E-state index in [4.69, 9.17) is 0 Å². The van der Waals surface area contributed by atoms with Crippen molar-refractivity contribution in [2.75, 3.05) is 26.2 Å². The summed E-state index contributed by atoms with van der Waals surface area (Å²) in [5, 5.41) is 12.7. The Morgan fingerprint density at radius 3 is 2.14 bits per heavy atom. The van der Waals surface area contributed by atoms with Gasteiger partial charge in [-0.05, 0) is 17.5 Å². The van der Waals surface area contributed by atoms with Crippen molar-refractivity contribution in [2.45, 2.75) is 18.5 Å². The molecule has 2 aromatic carbocycles. The summed E-state index contributed by atoms with van der Waals surface area (Å²) in [5.74, 6) is 0. The second-order valence-corrected chi connectivity index (χ2v) is 5.88. The van der Waals surface area contributed by atoms with E-state index in [1.54, 1.807) is 0 Å². The van der Waals surface area contributed by atoms with E-state index < -0.39 is 0 Å². The van der Waals surface area contributed by atoms with Crippen LogP contribution in [-0.2, 0) is 0 Å². The molecule has 22 heavy (non-hydrogen) atoms. The van der Waals surface area contributed by atoms with E-state index in [9.17, 15) is 5.11 Å². The van der Waals surface area contributed by atoms with Crippen molar-refractivity contribution in [3.8, 4) is 0 Å². The van der Waals surface area contributed by atoms with Gasteiger partial charge in [0.25, 0.3) is 0 Å². The fourth-order valence-electron chi connectivity index (χ4n) is 3.32. The Morgan fingerprint density at radius 2 is 1.59 bits per heavy atom. The van der Waals surface area contributed by atoms with Crippen LogP contribution in [0.15, 0.2) is 60.7 Å². The highest BCUT2D eigenvalue weighted by Crippen LogP contribution is 2.29. The first-order valence-corrected chi connectivity index (χ1v) is 8.06. The van der Waals surface area contributed by atoms with Crippen LogP contribution in [0.5, 0.6) is 0 Å². The molecule has 0 aliphatic carbocycles. The third kappa shape index (κ3) is 3.55. The number of aliphatic hydroxyl groups is 1. The number of hydrogen-bond acceptors (Lipinski definition) is 3. The van der Waals surface area contributed by atoms with Crippen LogP contribution in [0, 0.1) is 0 Å². The minimum atomic E-state index is 0.243. The van der Waals surface area contributed by atoms with Gasteiger partial charge in [0.05, 0.1) is 6.04 Å². The van der Waals surface area contributed by atoms with Gasteiger partial charge < -0.3 is 10.4 Å². The molecular formula is C19H24N2O. The zero-order chi connectivity index (χ0) is 15.2. The summed E-state index contributed by atoms with van der Waals surface area (Å²) in [4.78, 5) is 2.53. The van der Waals surface area contributed by atoms with E-state index in [0.29, 0.717) is 6.04 Å². The molecule has 0 radical (unpaired) electrons. The summed E-state index contributed by atoms with van der Waals surface area (Å²) in [6.45, 7) is 3.21. The van der Waals surface area contributed by atoms with Crippen LogP contribution in [0.4, 0.5) is 0 Å². The molecule has 116 valence electrons. The zero-order valence-electron chi connectivity index (χ0n) is 12.9. The van der Waals surface area contributed by atoms with Crippen molar-refractivity contribution in [3.05, 3.63) is 71.8 Å². The average Bonchev–Trinajstić information content (AvgIpc) is 2.58. The van der Waals surface area contributed by atoms with Crippen molar-refractivity contribution in [3.63, 3.8) is 0 Å². The normalized spacial score (nSPS) is 19.5. The number of piperazine rings is 1. The van der Waals surface area contributed by atoms with Gasteiger partial charge in [-0.25, -0.2) is 0 Å². The van der Waals surface area contributed by atoms with Crippen LogP contribution < -0.4 is 5.32 Å². The van der Waals surface area contributed by atoms with E-state index in [1.165, 1.54) is 11.1 Å². The van der Waals surface area contributed by atoms with Gasteiger partial charge in [-0.1, -0.05) is 60.7 Å². The summed E-state index contributed by atoms with van der Waals surface area (Å²) >= 11 is 0. The van der Waals surface area contributed by atoms with Crippen LogP contribution in [-0.4, -0.2) is 42.3 Å². The van der Waals surface area contributed by atoms with Gasteiger partial charge in [0.2, 0.25) is 0 Å². The van der Waals surface area contributed by atoms with Gasteiger partial charge >= 0.3 is 0 Å². The quantitative estimate of drug-likeness (QED) is 0.889. The maximum Gasteiger partial charge on any atom is 0.0602 e. The Labute approximate surface area is 132 Å². The first-order chi connectivity index (χ1) is 10.9. The molecule has 0 saturated carbocycles. The summed E-state index contributed by atoms with van der Waals surface area (Å²) in [7, 11) is 0. The Hall–Kier alpha value is -1.68. The second kappa shape index (κ2) is 7.54. The smallest absolute Gasteiger partial charge is 0.0602 e. The lowest BCUT2D eigenvalue weighted by Gasteiger charge is -2.39. The van der Waals surface area contributed by atoms with E-state index >= 15 is 0 Å². The van der Waals surface area contributed by atoms with Crippen LogP contribution in [0.2, 0.25) is 0 Å². The fraction of sp³-hybridized carbons (Fsp3) is 0.368. The Morgan fingerprint density at radius 1 is 1.00 bits per heavy atom. The molecule has 1 fully saturated rings. The van der Waals surface area contributed by atoms with Crippen LogP contribution in [0.3, 0.4) is 0 Å². The topological polar surface area (TPSA) is 35.5 Å². The number of nitrogens with one attached hydrogen (secondary N) is 1. The molecule has 2 N–H and O–H groups in total. The minimum Gasteiger partial charge on any atom is -0.396 e. The van der Waals surface area contributed by atoms with Gasteiger partial charge in [-0.3, -0.25) is 4.90 Å². The summed E-state index contributed by atoms with van der Waals surface area (Å²) in [6, 6.07) is 22.1. The van der Waals surface area contributed by atoms with Gasteiger partial charge in [0, 0.05) is 32.3 Å². The molecule has 0 spiro atoms. The number of nitrogens with zero attached hydrogens (tertiary/aromatic N) is 1.